The van der Waals surface area contributed by atoms with E-state index in [2.05, 4.69) is 0 Å². The zero-order chi connectivity index (χ0) is 21.0. The molecule has 0 saturated carbocycles. The predicted molar refractivity (Wildman–Crippen MR) is 97.6 cm³/mol. The van der Waals surface area contributed by atoms with E-state index in [4.69, 9.17) is 13.9 Å². The van der Waals surface area contributed by atoms with Crippen LogP contribution in [0.15, 0.2) is 33.5 Å². The fraction of sp³-hybridized carbons (Fsp3) is 0.400. The molecule has 0 spiro atoms. The van der Waals surface area contributed by atoms with Gasteiger partial charge in [-0.1, -0.05) is 6.07 Å². The number of benzene rings is 1. The van der Waals surface area contributed by atoms with Gasteiger partial charge in [0.1, 0.15) is 12.4 Å². The molecule has 1 atom stereocenters. The molecule has 1 fully saturated rings. The summed E-state index contributed by atoms with van der Waals surface area (Å²) >= 11 is 0. The van der Waals surface area contributed by atoms with E-state index >= 15 is 0 Å². The molecular weight excluding hydrogens is 388 g/mol. The van der Waals surface area contributed by atoms with Crippen molar-refractivity contribution in [2.45, 2.75) is 18.9 Å². The maximum atomic E-state index is 13.9. The summed E-state index contributed by atoms with van der Waals surface area (Å²) in [5, 5.41) is 10.3. The van der Waals surface area contributed by atoms with Crippen LogP contribution < -0.4 is 5.43 Å². The van der Waals surface area contributed by atoms with Gasteiger partial charge in [-0.05, 0) is 17.7 Å². The minimum absolute atomic E-state index is 0.0373. The van der Waals surface area contributed by atoms with Gasteiger partial charge >= 0.3 is 0 Å². The molecule has 0 radical (unpaired) electrons. The van der Waals surface area contributed by atoms with Gasteiger partial charge in [0.25, 0.3) is 0 Å². The van der Waals surface area contributed by atoms with Gasteiger partial charge in [-0.25, -0.2) is 8.78 Å². The number of amides is 1. The lowest BCUT2D eigenvalue weighted by molar-refractivity contribution is -0.135. The Kier molecular flexibility index (Phi) is 6.60. The molecular formula is C20H21F2NO6. The van der Waals surface area contributed by atoms with Crippen LogP contribution in [0, 0.1) is 11.6 Å². The Bertz CT molecular complexity index is 939. The zero-order valence-electron chi connectivity index (χ0n) is 15.8. The minimum Gasteiger partial charge on any atom is -0.502 e. The second-order valence-corrected chi connectivity index (χ2v) is 6.65. The number of carbonyl (C=O) groups is 1. The number of carbonyl (C=O) groups excluding carboxylic acids is 1. The van der Waals surface area contributed by atoms with Crippen LogP contribution in [0.4, 0.5) is 8.78 Å². The molecule has 1 aliphatic rings. The number of halogens is 2. The molecule has 1 amide bonds. The van der Waals surface area contributed by atoms with Crippen molar-refractivity contribution >= 4 is 5.91 Å². The molecule has 1 aliphatic heterocycles. The topological polar surface area (TPSA) is 89.2 Å². The first kappa shape index (κ1) is 20.9. The summed E-state index contributed by atoms with van der Waals surface area (Å²) in [6.45, 7) is 1.53. The number of ether oxygens (including phenoxy) is 2. The van der Waals surface area contributed by atoms with Crippen LogP contribution in [0.1, 0.15) is 29.4 Å². The molecule has 29 heavy (non-hydrogen) atoms. The van der Waals surface area contributed by atoms with Gasteiger partial charge in [0.15, 0.2) is 17.4 Å². The Morgan fingerprint density at radius 2 is 1.97 bits per heavy atom. The van der Waals surface area contributed by atoms with Crippen LogP contribution in [0.5, 0.6) is 5.75 Å². The fourth-order valence-electron chi connectivity index (χ4n) is 3.21. The number of morpholine rings is 1. The third-order valence-corrected chi connectivity index (χ3v) is 4.69. The molecule has 7 nitrogen and oxygen atoms in total. The lowest BCUT2D eigenvalue weighted by atomic mass is 9.91. The molecule has 1 aromatic carbocycles. The van der Waals surface area contributed by atoms with E-state index in [-0.39, 0.29) is 36.0 Å². The largest absolute Gasteiger partial charge is 0.502 e. The first-order valence-electron chi connectivity index (χ1n) is 9.06. The first-order chi connectivity index (χ1) is 13.9. The number of rotatable bonds is 6. The summed E-state index contributed by atoms with van der Waals surface area (Å²) in [4.78, 5) is 26.5. The van der Waals surface area contributed by atoms with E-state index in [0.29, 0.717) is 26.3 Å². The van der Waals surface area contributed by atoms with Crippen molar-refractivity contribution in [2.75, 3.05) is 33.4 Å². The Hall–Kier alpha value is -2.78. The van der Waals surface area contributed by atoms with Crippen LogP contribution in [0.3, 0.4) is 0 Å². The quantitative estimate of drug-likeness (QED) is 0.787. The van der Waals surface area contributed by atoms with E-state index in [1.54, 1.807) is 4.90 Å². The molecule has 0 bridgehead atoms. The van der Waals surface area contributed by atoms with Gasteiger partial charge in [0.2, 0.25) is 17.1 Å². The Labute approximate surface area is 165 Å². The highest BCUT2D eigenvalue weighted by Crippen LogP contribution is 2.34. The molecule has 1 saturated heterocycles. The maximum Gasteiger partial charge on any atom is 0.227 e. The van der Waals surface area contributed by atoms with Crippen molar-refractivity contribution in [3.8, 4) is 5.75 Å². The van der Waals surface area contributed by atoms with Gasteiger partial charge in [0.05, 0.1) is 19.1 Å². The number of methoxy groups -OCH3 is 1. The number of aromatic hydroxyl groups is 1. The fourth-order valence-corrected chi connectivity index (χ4v) is 3.21. The number of hydrogen-bond acceptors (Lipinski definition) is 6. The van der Waals surface area contributed by atoms with Crippen molar-refractivity contribution in [3.05, 3.63) is 63.2 Å². The molecule has 3 rings (SSSR count). The molecule has 0 unspecified atom stereocenters. The van der Waals surface area contributed by atoms with Gasteiger partial charge in [0, 0.05) is 32.7 Å². The molecule has 2 heterocycles. The van der Waals surface area contributed by atoms with Crippen molar-refractivity contribution in [1.82, 2.24) is 4.90 Å². The third-order valence-electron chi connectivity index (χ3n) is 4.69. The van der Waals surface area contributed by atoms with Crippen molar-refractivity contribution in [3.63, 3.8) is 0 Å². The summed E-state index contributed by atoms with van der Waals surface area (Å²) in [6.07, 6.45) is -0.210. The molecule has 1 N–H and O–H groups in total. The van der Waals surface area contributed by atoms with Gasteiger partial charge < -0.3 is 23.9 Å². The van der Waals surface area contributed by atoms with Gasteiger partial charge in [-0.15, -0.1) is 0 Å². The average Bonchev–Trinajstić information content (AvgIpc) is 2.72. The summed E-state index contributed by atoms with van der Waals surface area (Å²) in [7, 11) is 1.40. The monoisotopic (exact) mass is 409 g/mol. The van der Waals surface area contributed by atoms with E-state index < -0.39 is 28.7 Å². The Morgan fingerprint density at radius 1 is 1.24 bits per heavy atom. The van der Waals surface area contributed by atoms with Crippen LogP contribution in [0.25, 0.3) is 0 Å². The number of nitrogens with zero attached hydrogens (tertiary/aromatic N) is 1. The molecule has 1 aromatic heterocycles. The lowest BCUT2D eigenvalue weighted by Gasteiger charge is -2.28. The van der Waals surface area contributed by atoms with Crippen LogP contribution in [-0.2, 0) is 20.9 Å². The van der Waals surface area contributed by atoms with E-state index in [9.17, 15) is 23.5 Å². The van der Waals surface area contributed by atoms with Crippen molar-refractivity contribution in [1.29, 1.82) is 0 Å². The highest BCUT2D eigenvalue weighted by Gasteiger charge is 2.29. The van der Waals surface area contributed by atoms with Gasteiger partial charge in [-0.2, -0.15) is 0 Å². The standard InChI is InChI=1S/C20H21F2NO6/c1-27-11-13-9-17(24)19(26)20(29-13)14(12-2-3-15(21)16(22)8-12)10-18(25)23-4-6-28-7-5-23/h2-3,8-9,14,26H,4-7,10-11H2,1H3/t14-/m0/s1. The Balaban J connectivity index is 2.04. The van der Waals surface area contributed by atoms with E-state index in [1.807, 2.05) is 0 Å². The van der Waals surface area contributed by atoms with Crippen molar-refractivity contribution < 1.29 is 32.6 Å². The van der Waals surface area contributed by atoms with E-state index in [0.717, 1.165) is 18.2 Å². The second-order valence-electron chi connectivity index (χ2n) is 6.65. The van der Waals surface area contributed by atoms with Crippen LogP contribution in [0.2, 0.25) is 0 Å². The molecule has 156 valence electrons. The van der Waals surface area contributed by atoms with Crippen LogP contribution >= 0.6 is 0 Å². The lowest BCUT2D eigenvalue weighted by Crippen LogP contribution is -2.41. The summed E-state index contributed by atoms with van der Waals surface area (Å²) in [5.74, 6) is -4.19. The second kappa shape index (κ2) is 9.15. The smallest absolute Gasteiger partial charge is 0.227 e. The zero-order valence-corrected chi connectivity index (χ0v) is 15.8. The highest BCUT2D eigenvalue weighted by molar-refractivity contribution is 5.78. The molecule has 0 aliphatic carbocycles. The van der Waals surface area contributed by atoms with Crippen LogP contribution in [-0.4, -0.2) is 49.3 Å². The van der Waals surface area contributed by atoms with Crippen molar-refractivity contribution in [2.24, 2.45) is 0 Å². The summed E-state index contributed by atoms with van der Waals surface area (Å²) < 4.78 is 43.1. The molecule has 2 aromatic rings. The number of hydrogen-bond donors (Lipinski definition) is 1. The third kappa shape index (κ3) is 4.80. The Morgan fingerprint density at radius 3 is 2.62 bits per heavy atom. The summed E-state index contributed by atoms with van der Waals surface area (Å²) in [5.41, 5.74) is -0.525. The minimum atomic E-state index is -1.11. The summed E-state index contributed by atoms with van der Waals surface area (Å²) in [6, 6.07) is 4.21. The SMILES string of the molecule is COCc1cc(=O)c(O)c([C@@H](CC(=O)N2CCOCC2)c2ccc(F)c(F)c2)o1. The van der Waals surface area contributed by atoms with Gasteiger partial charge in [-0.3, -0.25) is 9.59 Å². The normalized spacial score (nSPS) is 15.3. The predicted octanol–water partition coefficient (Wildman–Crippen LogP) is 2.15. The van der Waals surface area contributed by atoms with E-state index in [1.165, 1.54) is 13.2 Å². The maximum absolute atomic E-state index is 13.9. The molecule has 9 heteroatoms. The first-order valence-corrected chi connectivity index (χ1v) is 9.06. The average molecular weight is 409 g/mol. The highest BCUT2D eigenvalue weighted by atomic mass is 19.2.